The van der Waals surface area contributed by atoms with Crippen molar-refractivity contribution < 1.29 is 0 Å². The Labute approximate surface area is 382 Å². The molecule has 0 heterocycles. The number of rotatable bonds is 12. The number of nitrogens with zero attached hydrogens (tertiary/aromatic N) is 4. The largest absolute Gasteiger partial charge is 0.311 e. The summed E-state index contributed by atoms with van der Waals surface area (Å²) in [5, 5.41) is 0. The second-order valence-corrected chi connectivity index (χ2v) is 13.9. The molecule has 0 aliphatic heterocycles. The molecule has 0 spiro atoms. The van der Waals surface area contributed by atoms with Crippen LogP contribution in [-0.2, 0) is 0 Å². The Morgan fingerprint density at radius 1 is 0.141 bits per heavy atom. The second kappa shape index (κ2) is 24.0. The number of para-hydroxylation sites is 6. The summed E-state index contributed by atoms with van der Waals surface area (Å²) in [7, 11) is 0. The molecule has 64 heavy (non-hydrogen) atoms. The third kappa shape index (κ3) is 11.0. The van der Waals surface area contributed by atoms with Gasteiger partial charge in [-0.1, -0.05) is 151 Å². The monoisotopic (exact) mass is 836 g/mol. The molecule has 0 amide bonds. The van der Waals surface area contributed by atoms with E-state index >= 15 is 0 Å². The molecule has 4 heteroatoms. The second-order valence-electron chi connectivity index (χ2n) is 13.9. The average molecular weight is 837 g/mol. The summed E-state index contributed by atoms with van der Waals surface area (Å²) in [5.41, 5.74) is 13.0. The summed E-state index contributed by atoms with van der Waals surface area (Å²) in [4.78, 5) is 9.21. The summed E-state index contributed by atoms with van der Waals surface area (Å²) in [5.74, 6) is 0. The van der Waals surface area contributed by atoms with Gasteiger partial charge in [-0.15, -0.1) is 0 Å². The molecule has 0 aromatic heterocycles. The molecule has 4 nitrogen and oxygen atoms in total. The number of hydrogen-bond donors (Lipinski definition) is 0. The fourth-order valence-electron chi connectivity index (χ4n) is 7.50. The predicted octanol–water partition coefficient (Wildman–Crippen LogP) is 18.6. The highest BCUT2D eigenvalue weighted by molar-refractivity contribution is 5.85. The van der Waals surface area contributed by atoms with Crippen molar-refractivity contribution in [1.29, 1.82) is 0 Å². The third-order valence-electron chi connectivity index (χ3n) is 10.2. The molecule has 0 unspecified atom stereocenters. The van der Waals surface area contributed by atoms with Crippen molar-refractivity contribution in [2.24, 2.45) is 0 Å². The van der Waals surface area contributed by atoms with Gasteiger partial charge in [0.15, 0.2) is 0 Å². The van der Waals surface area contributed by atoms with E-state index < -0.39 is 0 Å². The van der Waals surface area contributed by atoms with Gasteiger partial charge in [0.2, 0.25) is 0 Å². The first-order valence-electron chi connectivity index (χ1n) is 22.6. The van der Waals surface area contributed by atoms with Gasteiger partial charge in [-0.3, -0.25) is 0 Å². The summed E-state index contributed by atoms with van der Waals surface area (Å²) in [6, 6.07) is 89.8. The normalized spacial score (nSPS) is 10.0. The maximum absolute atomic E-state index is 2.33. The van der Waals surface area contributed by atoms with Gasteiger partial charge in [0.05, 0.1) is 0 Å². The summed E-state index contributed by atoms with van der Waals surface area (Å²) >= 11 is 0. The van der Waals surface area contributed by atoms with Crippen LogP contribution >= 0.6 is 0 Å². The minimum atomic E-state index is 1.05. The van der Waals surface area contributed by atoms with E-state index in [0.29, 0.717) is 0 Å². The van der Waals surface area contributed by atoms with Crippen molar-refractivity contribution in [3.05, 3.63) is 255 Å². The van der Waals surface area contributed by atoms with Crippen molar-refractivity contribution in [2.75, 3.05) is 19.6 Å². The smallest absolute Gasteiger partial charge is 0.0463 e. The van der Waals surface area contributed by atoms with Crippen LogP contribution in [-0.4, -0.2) is 0 Å². The molecule has 0 aliphatic rings. The topological polar surface area (TPSA) is 13.0 Å². The Balaban J connectivity index is 0.00000109. The highest BCUT2D eigenvalue weighted by Gasteiger charge is 2.19. The van der Waals surface area contributed by atoms with Gasteiger partial charge >= 0.3 is 0 Å². The average Bonchev–Trinajstić information content (AvgIpc) is 3.39. The van der Waals surface area contributed by atoms with Gasteiger partial charge in [0.1, 0.15) is 0 Å². The third-order valence-corrected chi connectivity index (χ3v) is 10.2. The van der Waals surface area contributed by atoms with Crippen LogP contribution in [0, 0.1) is 0 Å². The van der Waals surface area contributed by atoms with E-state index in [1.807, 2.05) is 41.5 Å². The molecule has 0 saturated carbocycles. The van der Waals surface area contributed by atoms with Gasteiger partial charge in [-0.25, -0.2) is 0 Å². The summed E-state index contributed by atoms with van der Waals surface area (Å²) < 4.78 is 0. The van der Waals surface area contributed by atoms with E-state index in [0.717, 1.165) is 68.2 Å². The van der Waals surface area contributed by atoms with Crippen LogP contribution in [0.1, 0.15) is 41.5 Å². The molecule has 9 aromatic carbocycles. The zero-order valence-corrected chi connectivity index (χ0v) is 38.0. The number of hydrogen-bond acceptors (Lipinski definition) is 4. The molecule has 0 fully saturated rings. The Morgan fingerprint density at radius 3 is 0.344 bits per heavy atom. The molecule has 320 valence electrons. The van der Waals surface area contributed by atoms with E-state index in [9.17, 15) is 0 Å². The van der Waals surface area contributed by atoms with Crippen molar-refractivity contribution >= 4 is 68.2 Å². The highest BCUT2D eigenvalue weighted by atomic mass is 15.2. The minimum absolute atomic E-state index is 1.05. The SMILES string of the molecule is CC.CC.CC.c1ccc(N(c2ccccc2)c2ccc(N(c3ccc(N(c4ccccc4)c4ccccc4)cc3)c3ccc(N(c4ccccc4)c4ccccc4)cc3)cc2)cc1. The van der Waals surface area contributed by atoms with E-state index in [1.165, 1.54) is 0 Å². The molecule has 0 bridgehead atoms. The highest BCUT2D eigenvalue weighted by Crippen LogP contribution is 2.42. The van der Waals surface area contributed by atoms with Crippen LogP contribution in [0.25, 0.3) is 0 Å². The molecule has 0 N–H and O–H groups in total. The lowest BCUT2D eigenvalue weighted by atomic mass is 10.1. The van der Waals surface area contributed by atoms with E-state index in [2.05, 4.69) is 274 Å². The van der Waals surface area contributed by atoms with Crippen LogP contribution in [0.5, 0.6) is 0 Å². The van der Waals surface area contributed by atoms with Gasteiger partial charge in [-0.2, -0.15) is 0 Å². The lowest BCUT2D eigenvalue weighted by Gasteiger charge is -2.30. The molecule has 0 aliphatic carbocycles. The first-order chi connectivity index (χ1) is 31.8. The first-order valence-corrected chi connectivity index (χ1v) is 22.6. The lowest BCUT2D eigenvalue weighted by Crippen LogP contribution is -2.13. The fourth-order valence-corrected chi connectivity index (χ4v) is 7.50. The molecule has 9 aromatic rings. The van der Waals surface area contributed by atoms with E-state index in [-0.39, 0.29) is 0 Å². The van der Waals surface area contributed by atoms with Gasteiger partial charge < -0.3 is 19.6 Å². The zero-order valence-electron chi connectivity index (χ0n) is 38.0. The Bertz CT molecular complexity index is 2200. The van der Waals surface area contributed by atoms with Crippen LogP contribution in [0.4, 0.5) is 68.2 Å². The van der Waals surface area contributed by atoms with Crippen LogP contribution in [0.3, 0.4) is 0 Å². The zero-order chi connectivity index (χ0) is 44.9. The Morgan fingerprint density at radius 2 is 0.234 bits per heavy atom. The Kier molecular flexibility index (Phi) is 17.1. The Hall–Kier alpha value is -7.82. The van der Waals surface area contributed by atoms with Crippen molar-refractivity contribution in [1.82, 2.24) is 0 Å². The molecular weight excluding hydrogens is 777 g/mol. The number of benzene rings is 9. The summed E-state index contributed by atoms with van der Waals surface area (Å²) in [6.45, 7) is 12.0. The molecule has 0 atom stereocenters. The maximum atomic E-state index is 2.33. The van der Waals surface area contributed by atoms with E-state index in [4.69, 9.17) is 0 Å². The van der Waals surface area contributed by atoms with Crippen LogP contribution in [0.15, 0.2) is 255 Å². The molecule has 9 rings (SSSR count). The molecular formula is C60H60N4. The fraction of sp³-hybridized carbons (Fsp3) is 0.100. The van der Waals surface area contributed by atoms with Crippen molar-refractivity contribution in [3.8, 4) is 0 Å². The lowest BCUT2D eigenvalue weighted by molar-refractivity contribution is 1.24. The van der Waals surface area contributed by atoms with Crippen LogP contribution in [0.2, 0.25) is 0 Å². The quantitative estimate of drug-likeness (QED) is 0.122. The predicted molar refractivity (Wildman–Crippen MR) is 279 cm³/mol. The molecule has 0 radical (unpaired) electrons. The maximum Gasteiger partial charge on any atom is 0.0463 e. The minimum Gasteiger partial charge on any atom is -0.311 e. The van der Waals surface area contributed by atoms with Gasteiger partial charge in [-0.05, 0) is 146 Å². The standard InChI is InChI=1S/C54H42N4.3C2H6/c1-7-19-43(20-8-1)55(44-21-9-2-10-22-44)49-31-37-52(38-32-49)58(53-39-33-50(34-40-53)56(45-23-11-3-12-24-45)46-25-13-4-14-26-46)54-41-35-51(36-42-54)57(47-27-15-5-16-28-47)48-29-17-6-18-30-48;3*1-2/h1-42H;3*1-2H3. The first kappa shape index (κ1) is 45.7. The number of anilines is 12. The summed E-state index contributed by atoms with van der Waals surface area (Å²) in [6.07, 6.45) is 0. The van der Waals surface area contributed by atoms with Gasteiger partial charge in [0.25, 0.3) is 0 Å². The van der Waals surface area contributed by atoms with Crippen molar-refractivity contribution in [3.63, 3.8) is 0 Å². The van der Waals surface area contributed by atoms with E-state index in [1.54, 1.807) is 0 Å². The van der Waals surface area contributed by atoms with Crippen molar-refractivity contribution in [2.45, 2.75) is 41.5 Å². The molecule has 0 saturated heterocycles. The van der Waals surface area contributed by atoms with Gasteiger partial charge in [0, 0.05) is 68.2 Å². The van der Waals surface area contributed by atoms with Crippen LogP contribution < -0.4 is 19.6 Å².